The molecule has 1 aromatic rings. The summed E-state index contributed by atoms with van der Waals surface area (Å²) < 4.78 is 11.1. The first-order valence-electron chi connectivity index (χ1n) is 8.89. The Morgan fingerprint density at radius 3 is 2.65 bits per heavy atom. The molecule has 1 N–H and O–H groups in total. The molecule has 1 aliphatic heterocycles. The van der Waals surface area contributed by atoms with Gasteiger partial charge >= 0.3 is 0 Å². The highest BCUT2D eigenvalue weighted by Gasteiger charge is 2.17. The molecule has 2 rings (SSSR count). The summed E-state index contributed by atoms with van der Waals surface area (Å²) in [6.07, 6.45) is 4.68. The van der Waals surface area contributed by atoms with E-state index in [0.29, 0.717) is 29.3 Å². The lowest BCUT2D eigenvalue weighted by molar-refractivity contribution is 0.0608. The topological polar surface area (TPSA) is 81.3 Å². The van der Waals surface area contributed by atoms with Crippen LogP contribution in [-0.2, 0) is 0 Å². The van der Waals surface area contributed by atoms with Crippen molar-refractivity contribution in [2.45, 2.75) is 25.4 Å². The number of benzene rings is 1. The molecule has 0 amide bonds. The van der Waals surface area contributed by atoms with E-state index in [2.05, 4.69) is 16.0 Å². The maximum absolute atomic E-state index is 10.3. The Morgan fingerprint density at radius 2 is 2.04 bits per heavy atom. The van der Waals surface area contributed by atoms with E-state index in [-0.39, 0.29) is 6.61 Å². The van der Waals surface area contributed by atoms with E-state index >= 15 is 0 Å². The lowest BCUT2D eigenvalue weighted by Gasteiger charge is -2.28. The molecule has 142 valence electrons. The van der Waals surface area contributed by atoms with Crippen LogP contribution in [0.1, 0.15) is 24.8 Å². The van der Waals surface area contributed by atoms with Crippen LogP contribution in [0.5, 0.6) is 11.5 Å². The van der Waals surface area contributed by atoms with Gasteiger partial charge in [-0.15, -0.1) is 0 Å². The van der Waals surface area contributed by atoms with Gasteiger partial charge in [0.1, 0.15) is 18.8 Å². The first-order chi connectivity index (χ1) is 12.5. The number of β-amino-alcohol motifs (C(OH)–C–C–N with tert-alkyl or cyclic N) is 1. The third-order valence-electron chi connectivity index (χ3n) is 4.18. The molecule has 0 spiro atoms. The SMILES string of the molecule is COc1cc(C#N)c(N=CN(C)C)cc1OC[C@@H](O)CN1CCCCC1. The minimum absolute atomic E-state index is 0.162. The molecule has 1 saturated heterocycles. The van der Waals surface area contributed by atoms with Crippen molar-refractivity contribution in [3.63, 3.8) is 0 Å². The lowest BCUT2D eigenvalue weighted by Crippen LogP contribution is -2.38. The molecule has 1 aromatic carbocycles. The van der Waals surface area contributed by atoms with Gasteiger partial charge in [0.05, 0.1) is 24.7 Å². The second-order valence-electron chi connectivity index (χ2n) is 6.67. The fourth-order valence-corrected chi connectivity index (χ4v) is 2.87. The molecule has 0 bridgehead atoms. The number of aliphatic imine (C=N–C) groups is 1. The Kier molecular flexibility index (Phi) is 7.70. The molecule has 7 heteroatoms. The second kappa shape index (κ2) is 10.00. The molecule has 0 unspecified atom stereocenters. The number of likely N-dealkylation sites (tertiary alicyclic amines) is 1. The van der Waals surface area contributed by atoms with Crippen LogP contribution in [0.15, 0.2) is 17.1 Å². The van der Waals surface area contributed by atoms with E-state index < -0.39 is 6.10 Å². The molecule has 0 saturated carbocycles. The highest BCUT2D eigenvalue weighted by molar-refractivity contribution is 5.68. The van der Waals surface area contributed by atoms with Crippen LogP contribution in [0, 0.1) is 11.3 Å². The van der Waals surface area contributed by atoms with E-state index in [1.165, 1.54) is 26.4 Å². The van der Waals surface area contributed by atoms with Gasteiger partial charge in [-0.1, -0.05) is 6.42 Å². The van der Waals surface area contributed by atoms with Crippen LogP contribution >= 0.6 is 0 Å². The van der Waals surface area contributed by atoms with Crippen molar-refractivity contribution >= 4 is 12.0 Å². The van der Waals surface area contributed by atoms with Crippen molar-refractivity contribution in [3.05, 3.63) is 17.7 Å². The zero-order valence-corrected chi connectivity index (χ0v) is 15.8. The van der Waals surface area contributed by atoms with Gasteiger partial charge in [-0.05, 0) is 25.9 Å². The Balaban J connectivity index is 2.06. The quantitative estimate of drug-likeness (QED) is 0.564. The molecule has 1 atom stereocenters. The molecule has 0 aromatic heterocycles. The number of aliphatic hydroxyl groups is 1. The largest absolute Gasteiger partial charge is 0.493 e. The Labute approximate surface area is 155 Å². The molecular formula is C19H28N4O3. The molecule has 0 aliphatic carbocycles. The minimum Gasteiger partial charge on any atom is -0.493 e. The average Bonchev–Trinajstić information content (AvgIpc) is 2.65. The fourth-order valence-electron chi connectivity index (χ4n) is 2.87. The summed E-state index contributed by atoms with van der Waals surface area (Å²) >= 11 is 0. The molecule has 1 aliphatic rings. The van der Waals surface area contributed by atoms with Gasteiger partial charge in [0.25, 0.3) is 0 Å². The number of nitrogens with zero attached hydrogens (tertiary/aromatic N) is 4. The summed E-state index contributed by atoms with van der Waals surface area (Å²) in [5.74, 6) is 0.922. The number of aliphatic hydroxyl groups excluding tert-OH is 1. The predicted octanol–water partition coefficient (Wildman–Crippen LogP) is 2.01. The normalized spacial score (nSPS) is 16.3. The average molecular weight is 360 g/mol. The number of methoxy groups -OCH3 is 1. The monoisotopic (exact) mass is 360 g/mol. The van der Waals surface area contributed by atoms with Crippen molar-refractivity contribution < 1.29 is 14.6 Å². The van der Waals surface area contributed by atoms with Crippen molar-refractivity contribution in [1.29, 1.82) is 5.26 Å². The minimum atomic E-state index is -0.581. The van der Waals surface area contributed by atoms with E-state index in [4.69, 9.17) is 9.47 Å². The standard InChI is InChI=1S/C19H28N4O3/c1-22(2)14-21-17-10-19(18(25-3)9-15(17)11-20)26-13-16(24)12-23-7-5-4-6-8-23/h9-10,14,16,24H,4-8,12-13H2,1-3H3/t16-/m0/s1. The van der Waals surface area contributed by atoms with Gasteiger partial charge in [-0.3, -0.25) is 0 Å². The van der Waals surface area contributed by atoms with E-state index in [0.717, 1.165) is 13.1 Å². The third-order valence-corrected chi connectivity index (χ3v) is 4.18. The molecule has 0 radical (unpaired) electrons. The lowest BCUT2D eigenvalue weighted by atomic mass is 10.1. The van der Waals surface area contributed by atoms with Crippen molar-refractivity contribution in [1.82, 2.24) is 9.80 Å². The van der Waals surface area contributed by atoms with Crippen LogP contribution < -0.4 is 9.47 Å². The highest BCUT2D eigenvalue weighted by Crippen LogP contribution is 2.34. The Bertz CT molecular complexity index is 649. The van der Waals surface area contributed by atoms with Crippen molar-refractivity contribution in [2.24, 2.45) is 4.99 Å². The van der Waals surface area contributed by atoms with E-state index in [1.54, 1.807) is 23.4 Å². The van der Waals surface area contributed by atoms with E-state index in [1.807, 2.05) is 14.1 Å². The number of hydrogen-bond acceptors (Lipinski definition) is 6. The van der Waals surface area contributed by atoms with Gasteiger partial charge in [0, 0.05) is 32.8 Å². The number of hydrogen-bond donors (Lipinski definition) is 1. The smallest absolute Gasteiger partial charge is 0.163 e. The maximum Gasteiger partial charge on any atom is 0.163 e. The number of nitriles is 1. The number of rotatable bonds is 8. The third kappa shape index (κ3) is 5.90. The van der Waals surface area contributed by atoms with Gasteiger partial charge in [0.15, 0.2) is 11.5 Å². The van der Waals surface area contributed by atoms with Gasteiger partial charge < -0.3 is 24.4 Å². The summed E-state index contributed by atoms with van der Waals surface area (Å²) in [6, 6.07) is 5.39. The highest BCUT2D eigenvalue weighted by atomic mass is 16.5. The molecule has 7 nitrogen and oxygen atoms in total. The van der Waals surface area contributed by atoms with E-state index in [9.17, 15) is 10.4 Å². The molecule has 26 heavy (non-hydrogen) atoms. The van der Waals surface area contributed by atoms with Gasteiger partial charge in [0.2, 0.25) is 0 Å². The summed E-state index contributed by atoms with van der Waals surface area (Å²) in [7, 11) is 5.23. The zero-order valence-electron chi connectivity index (χ0n) is 15.8. The summed E-state index contributed by atoms with van der Waals surface area (Å²) in [5, 5.41) is 19.6. The summed E-state index contributed by atoms with van der Waals surface area (Å²) in [5.41, 5.74) is 0.906. The molecule has 1 heterocycles. The summed E-state index contributed by atoms with van der Waals surface area (Å²) in [4.78, 5) is 8.36. The van der Waals surface area contributed by atoms with Crippen LogP contribution in [0.3, 0.4) is 0 Å². The van der Waals surface area contributed by atoms with Crippen molar-refractivity contribution in [3.8, 4) is 17.6 Å². The fraction of sp³-hybridized carbons (Fsp3) is 0.579. The predicted molar refractivity (Wildman–Crippen MR) is 101 cm³/mol. The molecule has 1 fully saturated rings. The maximum atomic E-state index is 10.3. The second-order valence-corrected chi connectivity index (χ2v) is 6.67. The van der Waals surface area contributed by atoms with Crippen LogP contribution in [0.4, 0.5) is 5.69 Å². The van der Waals surface area contributed by atoms with Crippen LogP contribution in [0.2, 0.25) is 0 Å². The molecular weight excluding hydrogens is 332 g/mol. The van der Waals surface area contributed by atoms with Crippen LogP contribution in [-0.4, -0.2) is 74.8 Å². The van der Waals surface area contributed by atoms with Crippen molar-refractivity contribution in [2.75, 3.05) is 47.4 Å². The number of ether oxygens (including phenoxy) is 2. The first kappa shape index (κ1) is 20.0. The number of piperidine rings is 1. The first-order valence-corrected chi connectivity index (χ1v) is 8.89. The Morgan fingerprint density at radius 1 is 1.31 bits per heavy atom. The zero-order chi connectivity index (χ0) is 18.9. The van der Waals surface area contributed by atoms with Crippen LogP contribution in [0.25, 0.3) is 0 Å². The van der Waals surface area contributed by atoms with Gasteiger partial charge in [-0.2, -0.15) is 5.26 Å². The summed E-state index contributed by atoms with van der Waals surface area (Å²) in [6.45, 7) is 2.82. The Hall–Kier alpha value is -2.30. The van der Waals surface area contributed by atoms with Gasteiger partial charge in [-0.25, -0.2) is 4.99 Å².